The number of rotatable bonds is 28. The third-order valence-corrected chi connectivity index (χ3v) is 10.7. The van der Waals surface area contributed by atoms with E-state index in [2.05, 4.69) is 55.4 Å². The van der Waals surface area contributed by atoms with Crippen LogP contribution < -0.4 is 0 Å². The number of ether oxygens (including phenoxy) is 3. The summed E-state index contributed by atoms with van der Waals surface area (Å²) in [6.45, 7) is 18.8. The largest absolute Gasteiger partial charge is 0.363 e. The van der Waals surface area contributed by atoms with Crippen molar-refractivity contribution in [1.29, 1.82) is 0 Å². The normalized spacial score (nSPS) is 26.0. The molecule has 0 aromatic carbocycles. The zero-order chi connectivity index (χ0) is 30.2. The summed E-state index contributed by atoms with van der Waals surface area (Å²) in [5.41, 5.74) is -0.666. The first-order valence-electron chi connectivity index (χ1n) is 19.0. The van der Waals surface area contributed by atoms with Crippen molar-refractivity contribution < 1.29 is 14.2 Å². The van der Waals surface area contributed by atoms with Gasteiger partial charge >= 0.3 is 0 Å². The van der Waals surface area contributed by atoms with Gasteiger partial charge in [0.15, 0.2) is 0 Å². The van der Waals surface area contributed by atoms with Gasteiger partial charge in [0.2, 0.25) is 0 Å². The van der Waals surface area contributed by atoms with Crippen LogP contribution in [0.3, 0.4) is 0 Å². The van der Waals surface area contributed by atoms with Crippen molar-refractivity contribution in [2.75, 3.05) is 0 Å². The molecule has 0 aromatic heterocycles. The average Bonchev–Trinajstić information content (AvgIpc) is 3.90. The lowest BCUT2D eigenvalue weighted by atomic mass is 9.69. The molecule has 244 valence electrons. The molecule has 2 heterocycles. The quantitative estimate of drug-likeness (QED) is 0.0866. The van der Waals surface area contributed by atoms with Gasteiger partial charge in [-0.15, -0.1) is 0 Å². The van der Waals surface area contributed by atoms with E-state index in [4.69, 9.17) is 14.2 Å². The Bertz CT molecular complexity index is 604. The minimum atomic E-state index is -0.214. The third-order valence-electron chi connectivity index (χ3n) is 10.7. The highest BCUT2D eigenvalue weighted by Crippen LogP contribution is 2.63. The van der Waals surface area contributed by atoms with Gasteiger partial charge in [0, 0.05) is 0 Å². The van der Waals surface area contributed by atoms with Gasteiger partial charge in [0.1, 0.15) is 22.4 Å². The predicted octanol–water partition coefficient (Wildman–Crippen LogP) is 12.3. The molecule has 0 spiro atoms. The lowest BCUT2D eigenvalue weighted by Gasteiger charge is -2.51. The maximum atomic E-state index is 8.25. The van der Waals surface area contributed by atoms with Crippen LogP contribution in [0.1, 0.15) is 209 Å². The first-order valence-corrected chi connectivity index (χ1v) is 19.0. The van der Waals surface area contributed by atoms with Crippen molar-refractivity contribution in [3.05, 3.63) is 0 Å². The average molecular weight is 579 g/mol. The van der Waals surface area contributed by atoms with Crippen LogP contribution in [0.2, 0.25) is 0 Å². The van der Waals surface area contributed by atoms with Crippen LogP contribution in [0.25, 0.3) is 0 Å². The molecule has 0 N–H and O–H groups in total. The van der Waals surface area contributed by atoms with Crippen molar-refractivity contribution in [1.82, 2.24) is 0 Å². The van der Waals surface area contributed by atoms with Crippen LogP contribution in [-0.2, 0) is 14.2 Å². The van der Waals surface area contributed by atoms with Crippen LogP contribution in [0.15, 0.2) is 0 Å². The lowest BCUT2D eigenvalue weighted by Crippen LogP contribution is -2.60. The third kappa shape index (κ3) is 8.97. The summed E-state index contributed by atoms with van der Waals surface area (Å²) < 4.78 is 22.4. The van der Waals surface area contributed by atoms with E-state index in [1.807, 2.05) is 0 Å². The van der Waals surface area contributed by atoms with Gasteiger partial charge in [-0.25, -0.2) is 0 Å². The number of hydrogen-bond donors (Lipinski definition) is 0. The van der Waals surface area contributed by atoms with Crippen molar-refractivity contribution in [2.45, 2.75) is 244 Å². The molecule has 0 aromatic rings. The topological polar surface area (TPSA) is 34.3 Å². The van der Waals surface area contributed by atoms with Gasteiger partial charge in [-0.1, -0.05) is 158 Å². The molecule has 2 rings (SSSR count). The molecule has 4 atom stereocenters. The van der Waals surface area contributed by atoms with Crippen LogP contribution in [0.5, 0.6) is 0 Å². The first-order chi connectivity index (χ1) is 19.9. The zero-order valence-corrected chi connectivity index (χ0v) is 29.4. The zero-order valence-electron chi connectivity index (χ0n) is 29.4. The molecule has 2 saturated heterocycles. The molecular weight excluding hydrogens is 504 g/mol. The standard InChI is InChI=1S/C38H74O3/c1-9-17-25-33-37(39-33,31-23-15-7)35(27-19-11-3,28-20-12-4)41-36(29-21-13-5,30-22-14-6)38(32-24-16-8)34(40-38)26-18-10-2/h33-34H,9-32H2,1-8H3. The molecule has 2 aliphatic rings. The Morgan fingerprint density at radius 1 is 0.439 bits per heavy atom. The second kappa shape index (κ2) is 18.6. The van der Waals surface area contributed by atoms with E-state index in [1.54, 1.807) is 0 Å². The van der Waals surface area contributed by atoms with Gasteiger partial charge in [-0.2, -0.15) is 0 Å². The molecule has 2 fully saturated rings. The van der Waals surface area contributed by atoms with Crippen LogP contribution in [0, 0.1) is 0 Å². The minimum absolute atomic E-state index is 0.119. The fourth-order valence-corrected chi connectivity index (χ4v) is 8.08. The molecule has 4 unspecified atom stereocenters. The molecule has 3 nitrogen and oxygen atoms in total. The van der Waals surface area contributed by atoms with E-state index >= 15 is 0 Å². The minimum Gasteiger partial charge on any atom is -0.363 e. The molecule has 2 aliphatic heterocycles. The van der Waals surface area contributed by atoms with E-state index in [0.29, 0.717) is 12.2 Å². The van der Waals surface area contributed by atoms with Gasteiger partial charge in [0.05, 0.1) is 12.2 Å². The summed E-state index contributed by atoms with van der Waals surface area (Å²) in [6, 6.07) is 0. The van der Waals surface area contributed by atoms with Crippen molar-refractivity contribution in [3.63, 3.8) is 0 Å². The number of epoxide rings is 2. The Balaban J connectivity index is 2.71. The molecule has 0 aliphatic carbocycles. The second-order valence-corrected chi connectivity index (χ2v) is 14.0. The van der Waals surface area contributed by atoms with Crippen LogP contribution >= 0.6 is 0 Å². The van der Waals surface area contributed by atoms with Gasteiger partial charge in [-0.05, 0) is 51.4 Å². The smallest absolute Gasteiger partial charge is 0.124 e. The summed E-state index contributed by atoms with van der Waals surface area (Å²) in [4.78, 5) is 0. The van der Waals surface area contributed by atoms with E-state index in [-0.39, 0.29) is 22.4 Å². The summed E-state index contributed by atoms with van der Waals surface area (Å²) in [6.07, 6.45) is 29.7. The van der Waals surface area contributed by atoms with Gasteiger partial charge in [0.25, 0.3) is 0 Å². The maximum absolute atomic E-state index is 8.25. The molecule has 41 heavy (non-hydrogen) atoms. The summed E-state index contributed by atoms with van der Waals surface area (Å²) in [5, 5.41) is 0. The second-order valence-electron chi connectivity index (χ2n) is 14.0. The highest BCUT2D eigenvalue weighted by atomic mass is 16.7. The van der Waals surface area contributed by atoms with Crippen molar-refractivity contribution >= 4 is 0 Å². The fourth-order valence-electron chi connectivity index (χ4n) is 8.08. The monoisotopic (exact) mass is 579 g/mol. The fraction of sp³-hybridized carbons (Fsp3) is 1.00. The highest BCUT2D eigenvalue weighted by Gasteiger charge is 2.74. The number of hydrogen-bond acceptors (Lipinski definition) is 3. The Labute approximate surface area is 258 Å². The van der Waals surface area contributed by atoms with Crippen LogP contribution in [0.4, 0.5) is 0 Å². The first kappa shape index (κ1) is 37.1. The molecule has 0 bridgehead atoms. The Morgan fingerprint density at radius 3 is 1.00 bits per heavy atom. The number of unbranched alkanes of at least 4 members (excludes halogenated alkanes) is 8. The summed E-state index contributed by atoms with van der Waals surface area (Å²) >= 11 is 0. The molecule has 0 saturated carbocycles. The van der Waals surface area contributed by atoms with E-state index in [9.17, 15) is 0 Å². The van der Waals surface area contributed by atoms with Gasteiger partial charge in [-0.3, -0.25) is 0 Å². The Kier molecular flexibility index (Phi) is 16.8. The SMILES string of the molecule is CCCCC1OC1(CCCC)C(CCCC)(CCCC)OC(CCCC)(CCCC)C1(CCCC)OC1CCCC. The Morgan fingerprint density at radius 2 is 0.732 bits per heavy atom. The maximum Gasteiger partial charge on any atom is 0.124 e. The van der Waals surface area contributed by atoms with Crippen LogP contribution in [-0.4, -0.2) is 34.6 Å². The molecule has 0 amide bonds. The van der Waals surface area contributed by atoms with E-state index < -0.39 is 0 Å². The molecule has 3 heteroatoms. The summed E-state index contributed by atoms with van der Waals surface area (Å²) in [5.74, 6) is 0. The van der Waals surface area contributed by atoms with Gasteiger partial charge < -0.3 is 14.2 Å². The van der Waals surface area contributed by atoms with Crippen molar-refractivity contribution in [2.24, 2.45) is 0 Å². The molecule has 0 radical (unpaired) electrons. The molecular formula is C38H74O3. The predicted molar refractivity (Wildman–Crippen MR) is 178 cm³/mol. The highest BCUT2D eigenvalue weighted by molar-refractivity contribution is 5.22. The van der Waals surface area contributed by atoms with E-state index in [1.165, 1.54) is 116 Å². The Hall–Kier alpha value is -0.120. The van der Waals surface area contributed by atoms with E-state index in [0.717, 1.165) is 38.5 Å². The van der Waals surface area contributed by atoms with Crippen molar-refractivity contribution in [3.8, 4) is 0 Å². The summed E-state index contributed by atoms with van der Waals surface area (Å²) in [7, 11) is 0. The lowest BCUT2D eigenvalue weighted by molar-refractivity contribution is -0.231.